The minimum Gasteiger partial charge on any atom is -0.0654 e. The van der Waals surface area contributed by atoms with Crippen molar-refractivity contribution in [2.45, 2.75) is 107 Å². The van der Waals surface area contributed by atoms with Crippen LogP contribution in [-0.2, 0) is 0 Å². The molecule has 0 rings (SSSR count). The third-order valence-corrected chi connectivity index (χ3v) is 5.46. The van der Waals surface area contributed by atoms with Gasteiger partial charge in [0.1, 0.15) is 0 Å². The highest BCUT2D eigenvalue weighted by Crippen LogP contribution is 2.57. The van der Waals surface area contributed by atoms with Gasteiger partial charge in [0.15, 0.2) is 0 Å². The summed E-state index contributed by atoms with van der Waals surface area (Å²) in [6, 6.07) is 0. The maximum atomic E-state index is 2.58. The summed E-state index contributed by atoms with van der Waals surface area (Å²) in [5.41, 5.74) is 1.11. The first-order chi connectivity index (χ1) is 9.48. The van der Waals surface area contributed by atoms with Crippen LogP contribution >= 0.6 is 0 Å². The Morgan fingerprint density at radius 2 is 1.33 bits per heavy atom. The lowest BCUT2D eigenvalue weighted by Gasteiger charge is -2.55. The van der Waals surface area contributed by atoms with Crippen molar-refractivity contribution in [1.29, 1.82) is 0 Å². The van der Waals surface area contributed by atoms with E-state index in [2.05, 4.69) is 68.7 Å². The Morgan fingerprint density at radius 3 is 1.71 bits per heavy atom. The Morgan fingerprint density at radius 1 is 0.810 bits per heavy atom. The van der Waals surface area contributed by atoms with E-state index in [1.54, 1.807) is 0 Å². The van der Waals surface area contributed by atoms with E-state index in [4.69, 9.17) is 0 Å². The van der Waals surface area contributed by atoms with Gasteiger partial charge in [0.25, 0.3) is 0 Å². The Hall–Kier alpha value is 0. The van der Waals surface area contributed by atoms with E-state index in [9.17, 15) is 0 Å². The molecule has 0 saturated heterocycles. The summed E-state index contributed by atoms with van der Waals surface area (Å²) >= 11 is 0. The summed E-state index contributed by atoms with van der Waals surface area (Å²) in [5, 5.41) is 0. The molecular weight excluding hydrogens is 252 g/mol. The first-order valence-electron chi connectivity index (χ1n) is 9.29. The Kier molecular flexibility index (Phi) is 8.59. The zero-order chi connectivity index (χ0) is 16.7. The molecule has 0 aliphatic rings. The van der Waals surface area contributed by atoms with E-state index in [-0.39, 0.29) is 0 Å². The fraction of sp³-hybridized carbons (Fsp3) is 0.952. The standard InChI is InChI=1S/C21H43/c1-10-11-12-13-16-21(19(4,5)6,20(7,8)9)17-14-15-18(2)3/h14,18H,10-13,15-17H2,1-9H3. The largest absolute Gasteiger partial charge is 0.0654 e. The van der Waals surface area contributed by atoms with Crippen molar-refractivity contribution in [2.75, 3.05) is 0 Å². The number of hydrogen-bond donors (Lipinski definition) is 0. The zero-order valence-electron chi connectivity index (χ0n) is 16.6. The van der Waals surface area contributed by atoms with Crippen molar-refractivity contribution in [3.63, 3.8) is 0 Å². The second-order valence-electron chi connectivity index (χ2n) is 9.52. The van der Waals surface area contributed by atoms with Gasteiger partial charge in [-0.15, -0.1) is 0 Å². The van der Waals surface area contributed by atoms with Crippen molar-refractivity contribution in [2.24, 2.45) is 22.2 Å². The summed E-state index contributed by atoms with van der Waals surface area (Å²) in [4.78, 5) is 0. The second-order valence-corrected chi connectivity index (χ2v) is 9.52. The smallest absolute Gasteiger partial charge is 0.0198 e. The Labute approximate surface area is 136 Å². The van der Waals surface area contributed by atoms with E-state index >= 15 is 0 Å². The summed E-state index contributed by atoms with van der Waals surface area (Å²) in [6.07, 6.45) is 12.0. The molecule has 0 N–H and O–H groups in total. The van der Waals surface area contributed by atoms with Crippen LogP contribution in [0.25, 0.3) is 0 Å². The quantitative estimate of drug-likeness (QED) is 0.383. The summed E-state index contributed by atoms with van der Waals surface area (Å²) < 4.78 is 0. The Bertz CT molecular complexity index is 245. The van der Waals surface area contributed by atoms with Gasteiger partial charge in [0.05, 0.1) is 0 Å². The van der Waals surface area contributed by atoms with Crippen molar-refractivity contribution in [1.82, 2.24) is 0 Å². The molecule has 0 heterocycles. The average Bonchev–Trinajstić information content (AvgIpc) is 2.28. The van der Waals surface area contributed by atoms with Crippen molar-refractivity contribution >= 4 is 0 Å². The molecule has 0 aromatic carbocycles. The van der Waals surface area contributed by atoms with Gasteiger partial charge >= 0.3 is 0 Å². The van der Waals surface area contributed by atoms with E-state index in [0.29, 0.717) is 16.2 Å². The second kappa shape index (κ2) is 8.59. The highest BCUT2D eigenvalue weighted by molar-refractivity contribution is 5.01. The van der Waals surface area contributed by atoms with Crippen molar-refractivity contribution in [3.8, 4) is 0 Å². The third kappa shape index (κ3) is 6.33. The first-order valence-corrected chi connectivity index (χ1v) is 9.29. The third-order valence-electron chi connectivity index (χ3n) is 5.46. The predicted octanol–water partition coefficient (Wildman–Crippen LogP) is 7.68. The van der Waals surface area contributed by atoms with Crippen LogP contribution in [0.4, 0.5) is 0 Å². The lowest BCUT2D eigenvalue weighted by atomic mass is 9.50. The van der Waals surface area contributed by atoms with Gasteiger partial charge in [0, 0.05) is 0 Å². The Balaban J connectivity index is 5.07. The van der Waals surface area contributed by atoms with Crippen LogP contribution in [0.3, 0.4) is 0 Å². The van der Waals surface area contributed by atoms with E-state index in [1.165, 1.54) is 44.9 Å². The van der Waals surface area contributed by atoms with Gasteiger partial charge in [-0.3, -0.25) is 0 Å². The summed E-state index contributed by atoms with van der Waals surface area (Å²) in [5.74, 6) is 0.780. The van der Waals surface area contributed by atoms with E-state index < -0.39 is 0 Å². The lowest BCUT2D eigenvalue weighted by Crippen LogP contribution is -2.46. The number of hydrogen-bond acceptors (Lipinski definition) is 0. The van der Waals surface area contributed by atoms with E-state index in [0.717, 1.165) is 5.92 Å². The molecule has 0 amide bonds. The normalized spacial score (nSPS) is 14.0. The zero-order valence-corrected chi connectivity index (χ0v) is 16.6. The first kappa shape index (κ1) is 21.0. The number of rotatable bonds is 9. The molecule has 21 heavy (non-hydrogen) atoms. The molecule has 127 valence electrons. The lowest BCUT2D eigenvalue weighted by molar-refractivity contribution is -0.0438. The summed E-state index contributed by atoms with van der Waals surface area (Å²) in [6.45, 7) is 21.7. The SMILES string of the molecule is CCCCCCC(C[CH]CC(C)C)(C(C)(C)C)C(C)(C)C. The fourth-order valence-electron chi connectivity index (χ4n) is 4.11. The van der Waals surface area contributed by atoms with Crippen LogP contribution in [0.5, 0.6) is 0 Å². The minimum atomic E-state index is 0.352. The topological polar surface area (TPSA) is 0 Å². The molecule has 0 aliphatic heterocycles. The molecule has 0 heteroatoms. The van der Waals surface area contributed by atoms with Crippen LogP contribution in [0.1, 0.15) is 107 Å². The molecule has 0 bridgehead atoms. The molecule has 0 atom stereocenters. The van der Waals surface area contributed by atoms with Crippen LogP contribution in [0, 0.1) is 28.6 Å². The van der Waals surface area contributed by atoms with Crippen LogP contribution < -0.4 is 0 Å². The van der Waals surface area contributed by atoms with Gasteiger partial charge in [-0.1, -0.05) is 88.0 Å². The van der Waals surface area contributed by atoms with Crippen LogP contribution in [0.15, 0.2) is 0 Å². The van der Waals surface area contributed by atoms with Gasteiger partial charge in [0.2, 0.25) is 0 Å². The van der Waals surface area contributed by atoms with Crippen LogP contribution in [0.2, 0.25) is 0 Å². The van der Waals surface area contributed by atoms with Crippen LogP contribution in [-0.4, -0.2) is 0 Å². The molecule has 0 fully saturated rings. The molecule has 0 spiro atoms. The predicted molar refractivity (Wildman–Crippen MR) is 98.5 cm³/mol. The van der Waals surface area contributed by atoms with Gasteiger partial charge < -0.3 is 0 Å². The molecule has 0 saturated carbocycles. The monoisotopic (exact) mass is 295 g/mol. The van der Waals surface area contributed by atoms with Gasteiger partial charge in [-0.25, -0.2) is 0 Å². The maximum Gasteiger partial charge on any atom is -0.0198 e. The molecule has 0 aliphatic carbocycles. The van der Waals surface area contributed by atoms with Gasteiger partial charge in [-0.05, 0) is 47.8 Å². The van der Waals surface area contributed by atoms with Gasteiger partial charge in [-0.2, -0.15) is 0 Å². The molecular formula is C21H43. The molecule has 1 radical (unpaired) electrons. The summed E-state index contributed by atoms with van der Waals surface area (Å²) in [7, 11) is 0. The van der Waals surface area contributed by atoms with Crippen molar-refractivity contribution in [3.05, 3.63) is 6.42 Å². The molecule has 0 unspecified atom stereocenters. The highest BCUT2D eigenvalue weighted by Gasteiger charge is 2.48. The number of unbranched alkanes of at least 4 members (excludes halogenated alkanes) is 3. The molecule has 0 aromatic rings. The highest BCUT2D eigenvalue weighted by atomic mass is 14.5. The van der Waals surface area contributed by atoms with E-state index in [1.807, 2.05) is 0 Å². The average molecular weight is 296 g/mol. The fourth-order valence-corrected chi connectivity index (χ4v) is 4.11. The van der Waals surface area contributed by atoms with Crippen molar-refractivity contribution < 1.29 is 0 Å². The minimum absolute atomic E-state index is 0.352. The molecule has 0 aromatic heterocycles. The molecule has 0 nitrogen and oxygen atoms in total. The maximum absolute atomic E-state index is 2.58.